The summed E-state index contributed by atoms with van der Waals surface area (Å²) in [6.45, 7) is 5.51. The van der Waals surface area contributed by atoms with E-state index in [-0.39, 0.29) is 40.7 Å². The molecule has 0 radical (unpaired) electrons. The number of hydrogen-bond donors (Lipinski definition) is 2. The van der Waals surface area contributed by atoms with Gasteiger partial charge < -0.3 is 14.9 Å². The molecule has 27 heavy (non-hydrogen) atoms. The number of fused-ring (bicyclic) bond motifs is 3. The topological polar surface area (TPSA) is 87.1 Å². The Kier molecular flexibility index (Phi) is 3.29. The zero-order valence-corrected chi connectivity index (χ0v) is 16.2. The molecule has 0 amide bonds. The molecule has 0 aromatic heterocycles. The van der Waals surface area contributed by atoms with Gasteiger partial charge in [-0.15, -0.1) is 0 Å². The SMILES string of the molecule is C[C@@H]1C[C@H]2[C@H]3CCC4=CC(=O)C=C[C@]4(C)[C@]34O[C@@H]4C[C@]2(C)[C@@]1(O)C(=O)CO. The van der Waals surface area contributed by atoms with E-state index in [1.165, 1.54) is 0 Å². The lowest BCUT2D eigenvalue weighted by Crippen LogP contribution is -2.62. The van der Waals surface area contributed by atoms with Crippen LogP contribution in [0, 0.1) is 28.6 Å². The summed E-state index contributed by atoms with van der Waals surface area (Å²) in [4.78, 5) is 24.5. The summed E-state index contributed by atoms with van der Waals surface area (Å²) in [5.41, 5.74) is -1.55. The number of carbonyl (C=O) groups is 2. The number of hydrogen-bond acceptors (Lipinski definition) is 5. The number of rotatable bonds is 2. The number of carbonyl (C=O) groups excluding carboxylic acids is 2. The Labute approximate surface area is 159 Å². The summed E-state index contributed by atoms with van der Waals surface area (Å²) < 4.78 is 6.43. The van der Waals surface area contributed by atoms with Crippen LogP contribution >= 0.6 is 0 Å². The second-order valence-electron chi connectivity index (χ2n) is 9.86. The van der Waals surface area contributed by atoms with Crippen LogP contribution in [0.2, 0.25) is 0 Å². The molecule has 8 atom stereocenters. The third-order valence-electron chi connectivity index (χ3n) is 9.08. The first-order valence-electron chi connectivity index (χ1n) is 10.1. The lowest BCUT2D eigenvalue weighted by molar-refractivity contribution is -0.165. The predicted molar refractivity (Wildman–Crippen MR) is 97.7 cm³/mol. The first-order chi connectivity index (χ1) is 12.6. The van der Waals surface area contributed by atoms with Gasteiger partial charge in [0.15, 0.2) is 11.6 Å². The Morgan fingerprint density at radius 3 is 2.78 bits per heavy atom. The molecule has 4 fully saturated rings. The van der Waals surface area contributed by atoms with Gasteiger partial charge >= 0.3 is 0 Å². The second kappa shape index (κ2) is 5.00. The van der Waals surface area contributed by atoms with Gasteiger partial charge in [-0.3, -0.25) is 9.59 Å². The number of Topliss-reactive ketones (excluding diaryl/α,β-unsaturated/α-hetero) is 1. The van der Waals surface area contributed by atoms with Crippen molar-refractivity contribution in [1.82, 2.24) is 0 Å². The molecule has 2 N–H and O–H groups in total. The third kappa shape index (κ3) is 1.73. The van der Waals surface area contributed by atoms with Crippen molar-refractivity contribution >= 4 is 11.6 Å². The summed E-state index contributed by atoms with van der Waals surface area (Å²) >= 11 is 0. The van der Waals surface area contributed by atoms with Crippen LogP contribution in [0.4, 0.5) is 0 Å². The maximum atomic E-state index is 12.6. The van der Waals surface area contributed by atoms with Crippen molar-refractivity contribution in [3.05, 3.63) is 23.8 Å². The fourth-order valence-corrected chi connectivity index (χ4v) is 7.70. The average Bonchev–Trinajstić information content (AvgIpc) is 3.31. The van der Waals surface area contributed by atoms with Crippen LogP contribution in [0.25, 0.3) is 0 Å². The van der Waals surface area contributed by atoms with Crippen LogP contribution < -0.4 is 0 Å². The molecular formula is C22H28O5. The summed E-state index contributed by atoms with van der Waals surface area (Å²) in [6, 6.07) is 0. The van der Waals surface area contributed by atoms with Crippen LogP contribution in [0.5, 0.6) is 0 Å². The van der Waals surface area contributed by atoms with E-state index in [0.29, 0.717) is 6.42 Å². The number of aliphatic hydroxyl groups excluding tert-OH is 1. The summed E-state index contributed by atoms with van der Waals surface area (Å²) in [5.74, 6) is -0.193. The molecule has 5 aliphatic rings. The van der Waals surface area contributed by atoms with Crippen LogP contribution in [-0.2, 0) is 14.3 Å². The molecule has 0 aromatic carbocycles. The molecule has 1 spiro atoms. The van der Waals surface area contributed by atoms with E-state index < -0.39 is 23.4 Å². The maximum Gasteiger partial charge on any atom is 0.190 e. The Morgan fingerprint density at radius 1 is 1.33 bits per heavy atom. The zero-order valence-electron chi connectivity index (χ0n) is 16.2. The molecule has 5 nitrogen and oxygen atoms in total. The van der Waals surface area contributed by atoms with E-state index in [2.05, 4.69) is 6.92 Å². The van der Waals surface area contributed by atoms with Crippen LogP contribution in [0.15, 0.2) is 23.8 Å². The van der Waals surface area contributed by atoms with Crippen LogP contribution in [0.3, 0.4) is 0 Å². The van der Waals surface area contributed by atoms with E-state index in [0.717, 1.165) is 24.8 Å². The second-order valence-corrected chi connectivity index (χ2v) is 9.86. The smallest absolute Gasteiger partial charge is 0.190 e. The molecule has 1 heterocycles. The molecule has 5 rings (SSSR count). The molecule has 146 valence electrons. The fourth-order valence-electron chi connectivity index (χ4n) is 7.70. The Bertz CT molecular complexity index is 814. The Morgan fingerprint density at radius 2 is 2.07 bits per heavy atom. The summed E-state index contributed by atoms with van der Waals surface area (Å²) in [5, 5.41) is 21.0. The fraction of sp³-hybridized carbons (Fsp3) is 0.727. The molecule has 1 aliphatic heterocycles. The van der Waals surface area contributed by atoms with Crippen LogP contribution in [0.1, 0.15) is 46.5 Å². The van der Waals surface area contributed by atoms with Gasteiger partial charge in [-0.05, 0) is 62.5 Å². The van der Waals surface area contributed by atoms with E-state index in [1.807, 2.05) is 19.9 Å². The van der Waals surface area contributed by atoms with Gasteiger partial charge in [0.2, 0.25) is 0 Å². The lowest BCUT2D eigenvalue weighted by atomic mass is 9.46. The van der Waals surface area contributed by atoms with Crippen LogP contribution in [-0.4, -0.2) is 45.7 Å². The highest BCUT2D eigenvalue weighted by molar-refractivity contribution is 6.01. The minimum atomic E-state index is -1.50. The van der Waals surface area contributed by atoms with E-state index in [1.54, 1.807) is 12.2 Å². The Balaban J connectivity index is 1.60. The van der Waals surface area contributed by atoms with E-state index in [4.69, 9.17) is 4.74 Å². The first kappa shape index (κ1) is 17.8. The van der Waals surface area contributed by atoms with Crippen molar-refractivity contribution in [1.29, 1.82) is 0 Å². The standard InChI is InChI=1S/C22H28O5/c1-12-8-16-15-5-4-13-9-14(24)6-7-19(13,2)22(15)18(27-22)10-20(16,3)21(12,26)17(25)11-23/h6-7,9,12,15-16,18,23,26H,4-5,8,10-11H2,1-3H3/t12-,15-,16+,18-,19+,20+,21+,22+/m1/s1. The van der Waals surface area contributed by atoms with Crippen molar-refractivity contribution in [3.8, 4) is 0 Å². The van der Waals surface area contributed by atoms with Gasteiger partial charge in [-0.25, -0.2) is 0 Å². The summed E-state index contributed by atoms with van der Waals surface area (Å²) in [6.07, 6.45) is 8.58. The summed E-state index contributed by atoms with van der Waals surface area (Å²) in [7, 11) is 0. The quantitative estimate of drug-likeness (QED) is 0.724. The van der Waals surface area contributed by atoms with Crippen molar-refractivity contribution in [3.63, 3.8) is 0 Å². The van der Waals surface area contributed by atoms with E-state index in [9.17, 15) is 19.8 Å². The van der Waals surface area contributed by atoms with Crippen molar-refractivity contribution in [2.75, 3.05) is 6.61 Å². The largest absolute Gasteiger partial charge is 0.388 e. The van der Waals surface area contributed by atoms with Crippen molar-refractivity contribution in [2.24, 2.45) is 28.6 Å². The van der Waals surface area contributed by atoms with Crippen molar-refractivity contribution < 1.29 is 24.5 Å². The number of allylic oxidation sites excluding steroid dienone is 2. The zero-order chi connectivity index (χ0) is 19.4. The highest BCUT2D eigenvalue weighted by atomic mass is 16.6. The number of ether oxygens (including phenoxy) is 1. The van der Waals surface area contributed by atoms with Gasteiger partial charge in [0.1, 0.15) is 17.8 Å². The minimum Gasteiger partial charge on any atom is -0.388 e. The molecule has 5 heteroatoms. The molecule has 0 bridgehead atoms. The lowest BCUT2D eigenvalue weighted by Gasteiger charge is -2.55. The first-order valence-corrected chi connectivity index (χ1v) is 10.1. The Hall–Kier alpha value is -1.30. The van der Waals surface area contributed by atoms with Gasteiger partial charge in [0, 0.05) is 10.8 Å². The van der Waals surface area contributed by atoms with Gasteiger partial charge in [-0.1, -0.05) is 25.5 Å². The number of ketones is 2. The van der Waals surface area contributed by atoms with E-state index >= 15 is 0 Å². The third-order valence-corrected chi connectivity index (χ3v) is 9.08. The highest BCUT2D eigenvalue weighted by Crippen LogP contribution is 2.76. The molecule has 3 saturated carbocycles. The maximum absolute atomic E-state index is 12.6. The number of epoxide rings is 1. The minimum absolute atomic E-state index is 0.0291. The van der Waals surface area contributed by atoms with Gasteiger partial charge in [-0.2, -0.15) is 0 Å². The number of aliphatic hydroxyl groups is 2. The predicted octanol–water partition coefficient (Wildman–Crippen LogP) is 1.96. The average molecular weight is 372 g/mol. The monoisotopic (exact) mass is 372 g/mol. The molecule has 0 unspecified atom stereocenters. The molecule has 4 aliphatic carbocycles. The normalized spacial score (nSPS) is 55.1. The molecule has 1 saturated heterocycles. The molecular weight excluding hydrogens is 344 g/mol. The van der Waals surface area contributed by atoms with Gasteiger partial charge in [0.05, 0.1) is 6.10 Å². The highest BCUT2D eigenvalue weighted by Gasteiger charge is 2.81. The van der Waals surface area contributed by atoms with Gasteiger partial charge in [0.25, 0.3) is 0 Å². The van der Waals surface area contributed by atoms with Crippen molar-refractivity contribution in [2.45, 2.75) is 63.8 Å². The molecule has 0 aromatic rings.